The van der Waals surface area contributed by atoms with Crippen molar-refractivity contribution in [2.75, 3.05) is 5.32 Å². The molecule has 0 aliphatic carbocycles. The summed E-state index contributed by atoms with van der Waals surface area (Å²) in [7, 11) is 0. The molecule has 0 aromatic heterocycles. The van der Waals surface area contributed by atoms with Crippen LogP contribution in [0.1, 0.15) is 21.5 Å². The van der Waals surface area contributed by atoms with Gasteiger partial charge in [0.1, 0.15) is 6.07 Å². The summed E-state index contributed by atoms with van der Waals surface area (Å²) in [6.07, 6.45) is 0. The first-order chi connectivity index (χ1) is 9.51. The lowest BCUT2D eigenvalue weighted by Crippen LogP contribution is -2.14. The zero-order chi connectivity index (χ0) is 14.7. The van der Waals surface area contributed by atoms with Crippen LogP contribution in [-0.2, 0) is 0 Å². The predicted octanol–water partition coefficient (Wildman–Crippen LogP) is 4.43. The Morgan fingerprint density at radius 1 is 1.15 bits per heavy atom. The molecule has 0 saturated carbocycles. The Kier molecular flexibility index (Phi) is 4.29. The average Bonchev–Trinajstić information content (AvgIpc) is 2.41. The third kappa shape index (κ3) is 3.11. The van der Waals surface area contributed by atoms with Gasteiger partial charge in [0.05, 0.1) is 11.3 Å². The molecule has 2 rings (SSSR count). The van der Waals surface area contributed by atoms with Crippen LogP contribution in [0.3, 0.4) is 0 Å². The van der Waals surface area contributed by atoms with Gasteiger partial charge in [-0.3, -0.25) is 4.79 Å². The molecule has 100 valence electrons. The monoisotopic (exact) mass is 304 g/mol. The van der Waals surface area contributed by atoms with Gasteiger partial charge in [-0.05, 0) is 42.8 Å². The molecule has 0 bridgehead atoms. The fourth-order valence-electron chi connectivity index (χ4n) is 1.75. The largest absolute Gasteiger partial charge is 0.321 e. The molecule has 3 nitrogen and oxygen atoms in total. The molecule has 0 aliphatic heterocycles. The Bertz CT molecular complexity index is 720. The van der Waals surface area contributed by atoms with Crippen LogP contribution in [0.4, 0.5) is 5.69 Å². The van der Waals surface area contributed by atoms with E-state index in [0.717, 1.165) is 5.56 Å². The molecule has 2 aromatic carbocycles. The number of carbonyl (C=O) groups is 1. The number of anilines is 1. The summed E-state index contributed by atoms with van der Waals surface area (Å²) in [5.41, 5.74) is 1.99. The second-order valence-electron chi connectivity index (χ2n) is 4.22. The molecule has 0 saturated heterocycles. The van der Waals surface area contributed by atoms with Crippen molar-refractivity contribution in [2.45, 2.75) is 6.92 Å². The summed E-state index contributed by atoms with van der Waals surface area (Å²) in [6, 6.07) is 11.8. The maximum atomic E-state index is 12.2. The van der Waals surface area contributed by atoms with Gasteiger partial charge in [0.15, 0.2) is 0 Å². The molecule has 1 amide bonds. The number of rotatable bonds is 2. The molecule has 0 heterocycles. The number of aryl methyl sites for hydroxylation is 1. The minimum Gasteiger partial charge on any atom is -0.321 e. The van der Waals surface area contributed by atoms with E-state index in [2.05, 4.69) is 5.32 Å². The Labute approximate surface area is 126 Å². The average molecular weight is 305 g/mol. The molecule has 0 unspecified atom stereocenters. The highest BCUT2D eigenvalue weighted by Crippen LogP contribution is 2.22. The number of nitriles is 1. The topological polar surface area (TPSA) is 52.9 Å². The first-order valence-electron chi connectivity index (χ1n) is 5.78. The van der Waals surface area contributed by atoms with Crippen molar-refractivity contribution in [2.24, 2.45) is 0 Å². The van der Waals surface area contributed by atoms with E-state index < -0.39 is 0 Å². The van der Waals surface area contributed by atoms with E-state index in [1.165, 1.54) is 6.07 Å². The number of hydrogen-bond donors (Lipinski definition) is 1. The maximum Gasteiger partial charge on any atom is 0.256 e. The smallest absolute Gasteiger partial charge is 0.256 e. The Morgan fingerprint density at radius 3 is 2.50 bits per heavy atom. The number of halogens is 2. The van der Waals surface area contributed by atoms with E-state index in [-0.39, 0.29) is 5.91 Å². The van der Waals surface area contributed by atoms with Crippen LogP contribution < -0.4 is 5.32 Å². The van der Waals surface area contributed by atoms with Crippen LogP contribution in [-0.4, -0.2) is 5.91 Å². The van der Waals surface area contributed by atoms with Gasteiger partial charge in [-0.1, -0.05) is 29.3 Å². The quantitative estimate of drug-likeness (QED) is 0.892. The van der Waals surface area contributed by atoms with Crippen molar-refractivity contribution in [3.8, 4) is 6.07 Å². The lowest BCUT2D eigenvalue weighted by molar-refractivity contribution is 0.102. The molecule has 5 heteroatoms. The minimum absolute atomic E-state index is 0.330. The van der Waals surface area contributed by atoms with Crippen LogP contribution in [0.5, 0.6) is 0 Å². The predicted molar refractivity (Wildman–Crippen MR) is 80.3 cm³/mol. The Hall–Kier alpha value is -2.02. The molecule has 0 atom stereocenters. The van der Waals surface area contributed by atoms with Crippen molar-refractivity contribution < 1.29 is 4.79 Å². The normalized spacial score (nSPS) is 9.90. The van der Waals surface area contributed by atoms with Crippen molar-refractivity contribution in [1.82, 2.24) is 0 Å². The minimum atomic E-state index is -0.330. The summed E-state index contributed by atoms with van der Waals surface area (Å²) >= 11 is 11.8. The maximum absolute atomic E-state index is 12.2. The van der Waals surface area contributed by atoms with Gasteiger partial charge < -0.3 is 5.32 Å². The van der Waals surface area contributed by atoms with Gasteiger partial charge in [0.2, 0.25) is 0 Å². The van der Waals surface area contributed by atoms with Gasteiger partial charge in [-0.2, -0.15) is 5.26 Å². The standard InChI is InChI=1S/C15H10Cl2N2O/c1-9-2-4-11(16)6-13(9)15(20)19-14-7-12(17)5-3-10(14)8-18/h2-7H,1H3,(H,19,20). The van der Waals surface area contributed by atoms with Crippen LogP contribution in [0.15, 0.2) is 36.4 Å². The highest BCUT2D eigenvalue weighted by Gasteiger charge is 2.12. The van der Waals surface area contributed by atoms with Crippen molar-refractivity contribution in [3.63, 3.8) is 0 Å². The zero-order valence-electron chi connectivity index (χ0n) is 10.6. The first kappa shape index (κ1) is 14.4. The first-order valence-corrected chi connectivity index (χ1v) is 6.54. The van der Waals surface area contributed by atoms with E-state index in [9.17, 15) is 4.79 Å². The number of nitrogens with one attached hydrogen (secondary N) is 1. The van der Waals surface area contributed by atoms with Crippen LogP contribution in [0, 0.1) is 18.3 Å². The van der Waals surface area contributed by atoms with Crippen molar-refractivity contribution in [1.29, 1.82) is 5.26 Å². The van der Waals surface area contributed by atoms with Gasteiger partial charge in [0.25, 0.3) is 5.91 Å². The van der Waals surface area contributed by atoms with E-state index >= 15 is 0 Å². The van der Waals surface area contributed by atoms with Gasteiger partial charge in [-0.15, -0.1) is 0 Å². The number of amides is 1. The van der Waals surface area contributed by atoms with Gasteiger partial charge in [-0.25, -0.2) is 0 Å². The van der Waals surface area contributed by atoms with E-state index in [1.807, 2.05) is 13.0 Å². The molecular formula is C15H10Cl2N2O. The molecular weight excluding hydrogens is 295 g/mol. The SMILES string of the molecule is Cc1ccc(Cl)cc1C(=O)Nc1cc(Cl)ccc1C#N. The Morgan fingerprint density at radius 2 is 1.80 bits per heavy atom. The van der Waals surface area contributed by atoms with Gasteiger partial charge >= 0.3 is 0 Å². The molecule has 0 fully saturated rings. The second kappa shape index (κ2) is 5.96. The fraction of sp³-hybridized carbons (Fsp3) is 0.0667. The van der Waals surface area contributed by atoms with Crippen LogP contribution >= 0.6 is 23.2 Å². The van der Waals surface area contributed by atoms with Crippen molar-refractivity contribution >= 4 is 34.8 Å². The summed E-state index contributed by atoms with van der Waals surface area (Å²) in [6.45, 7) is 1.81. The van der Waals surface area contributed by atoms with Gasteiger partial charge in [0, 0.05) is 15.6 Å². The van der Waals surface area contributed by atoms with E-state index in [1.54, 1.807) is 30.3 Å². The van der Waals surface area contributed by atoms with E-state index in [4.69, 9.17) is 28.5 Å². The highest BCUT2D eigenvalue weighted by atomic mass is 35.5. The molecule has 2 aromatic rings. The van der Waals surface area contributed by atoms with Crippen LogP contribution in [0.2, 0.25) is 10.0 Å². The summed E-state index contributed by atoms with van der Waals surface area (Å²) in [4.78, 5) is 12.2. The zero-order valence-corrected chi connectivity index (χ0v) is 12.1. The van der Waals surface area contributed by atoms with E-state index in [0.29, 0.717) is 26.9 Å². The number of hydrogen-bond acceptors (Lipinski definition) is 2. The third-order valence-electron chi connectivity index (χ3n) is 2.79. The second-order valence-corrected chi connectivity index (χ2v) is 5.09. The summed E-state index contributed by atoms with van der Waals surface area (Å²) in [5, 5.41) is 12.6. The van der Waals surface area contributed by atoms with Crippen LogP contribution in [0.25, 0.3) is 0 Å². The molecule has 20 heavy (non-hydrogen) atoms. The lowest BCUT2D eigenvalue weighted by Gasteiger charge is -2.09. The summed E-state index contributed by atoms with van der Waals surface area (Å²) < 4.78 is 0. The summed E-state index contributed by atoms with van der Waals surface area (Å²) in [5.74, 6) is -0.330. The molecule has 0 radical (unpaired) electrons. The number of benzene rings is 2. The number of nitrogens with zero attached hydrogens (tertiary/aromatic N) is 1. The molecule has 1 N–H and O–H groups in total. The molecule has 0 aliphatic rings. The Balaban J connectivity index is 2.35. The van der Waals surface area contributed by atoms with Crippen molar-refractivity contribution in [3.05, 3.63) is 63.1 Å². The fourth-order valence-corrected chi connectivity index (χ4v) is 2.09. The molecule has 0 spiro atoms. The lowest BCUT2D eigenvalue weighted by atomic mass is 10.1. The third-order valence-corrected chi connectivity index (χ3v) is 3.26. The number of carbonyl (C=O) groups excluding carboxylic acids is 1. The highest BCUT2D eigenvalue weighted by molar-refractivity contribution is 6.31.